The smallest absolute Gasteiger partial charge is 0.0992 e. The molecule has 3 heterocycles. The van der Waals surface area contributed by atoms with E-state index in [1.807, 2.05) is 73.2 Å². The summed E-state index contributed by atoms with van der Waals surface area (Å²) in [5, 5.41) is 9.39. The molecule has 0 saturated heterocycles. The first-order valence-electron chi connectivity index (χ1n) is 8.86. The monoisotopic (exact) mass is 363 g/mol. The molecule has 0 aliphatic heterocycles. The second-order valence-corrected chi connectivity index (χ2v) is 6.22. The fourth-order valence-electron chi connectivity index (χ4n) is 3.23. The van der Waals surface area contributed by atoms with Crippen LogP contribution in [0.3, 0.4) is 0 Å². The van der Waals surface area contributed by atoms with Crippen molar-refractivity contribution >= 4 is 11.4 Å². The van der Waals surface area contributed by atoms with Gasteiger partial charge in [0.25, 0.3) is 0 Å². The van der Waals surface area contributed by atoms with Crippen molar-refractivity contribution in [3.8, 4) is 6.07 Å². The van der Waals surface area contributed by atoms with Gasteiger partial charge in [-0.15, -0.1) is 0 Å². The lowest BCUT2D eigenvalue weighted by molar-refractivity contribution is 0.806. The largest absolute Gasteiger partial charge is 0.328 e. The molecule has 0 atom stereocenters. The first kappa shape index (κ1) is 17.4. The van der Waals surface area contributed by atoms with E-state index >= 15 is 0 Å². The molecule has 0 N–H and O–H groups in total. The SMILES string of the molecule is N#Cc1cccc(N(c2cccnc2)C(c2cccnc2)c2cccnc2)c1. The molecule has 0 radical (unpaired) electrons. The molecule has 1 aromatic carbocycles. The number of hydrogen-bond acceptors (Lipinski definition) is 5. The van der Waals surface area contributed by atoms with Gasteiger partial charge in [-0.3, -0.25) is 15.0 Å². The Kier molecular flexibility index (Phi) is 5.03. The Labute approximate surface area is 163 Å². The van der Waals surface area contributed by atoms with Gasteiger partial charge in [0.2, 0.25) is 0 Å². The van der Waals surface area contributed by atoms with E-state index in [-0.39, 0.29) is 6.04 Å². The van der Waals surface area contributed by atoms with Crippen LogP contribution in [0, 0.1) is 11.3 Å². The molecule has 134 valence electrons. The van der Waals surface area contributed by atoms with Gasteiger partial charge in [0.15, 0.2) is 0 Å². The topological polar surface area (TPSA) is 65.7 Å². The molecule has 0 bridgehead atoms. The third-order valence-electron chi connectivity index (χ3n) is 4.44. The highest BCUT2D eigenvalue weighted by Crippen LogP contribution is 2.38. The van der Waals surface area contributed by atoms with E-state index < -0.39 is 0 Å². The van der Waals surface area contributed by atoms with E-state index in [0.717, 1.165) is 22.5 Å². The number of nitriles is 1. The predicted octanol–water partition coefficient (Wildman–Crippen LogP) is 4.67. The van der Waals surface area contributed by atoms with E-state index in [4.69, 9.17) is 0 Å². The molecule has 0 aliphatic carbocycles. The molecule has 0 fully saturated rings. The number of aromatic nitrogens is 3. The molecule has 0 amide bonds. The maximum atomic E-state index is 9.39. The fourth-order valence-corrected chi connectivity index (χ4v) is 3.23. The van der Waals surface area contributed by atoms with Crippen LogP contribution < -0.4 is 4.90 Å². The van der Waals surface area contributed by atoms with E-state index in [0.29, 0.717) is 5.56 Å². The highest BCUT2D eigenvalue weighted by molar-refractivity contribution is 5.67. The second kappa shape index (κ2) is 8.11. The molecule has 0 aliphatic rings. The Morgan fingerprint density at radius 2 is 1.32 bits per heavy atom. The van der Waals surface area contributed by atoms with Gasteiger partial charge in [-0.1, -0.05) is 18.2 Å². The van der Waals surface area contributed by atoms with Gasteiger partial charge >= 0.3 is 0 Å². The van der Waals surface area contributed by atoms with Gasteiger partial charge in [0.1, 0.15) is 0 Å². The van der Waals surface area contributed by atoms with Crippen molar-refractivity contribution in [3.05, 3.63) is 115 Å². The van der Waals surface area contributed by atoms with Crippen molar-refractivity contribution < 1.29 is 0 Å². The molecule has 0 saturated carbocycles. The highest BCUT2D eigenvalue weighted by atomic mass is 15.2. The Morgan fingerprint density at radius 1 is 0.714 bits per heavy atom. The molecule has 5 nitrogen and oxygen atoms in total. The summed E-state index contributed by atoms with van der Waals surface area (Å²) in [6.45, 7) is 0. The molecular formula is C23H17N5. The van der Waals surface area contributed by atoms with Gasteiger partial charge in [-0.2, -0.15) is 5.26 Å². The lowest BCUT2D eigenvalue weighted by Crippen LogP contribution is -2.25. The number of benzene rings is 1. The average Bonchev–Trinajstić information content (AvgIpc) is 2.79. The van der Waals surface area contributed by atoms with Crippen LogP contribution in [0.1, 0.15) is 22.7 Å². The number of nitrogens with zero attached hydrogens (tertiary/aromatic N) is 5. The van der Waals surface area contributed by atoms with Crippen LogP contribution in [-0.4, -0.2) is 15.0 Å². The molecule has 5 heteroatoms. The van der Waals surface area contributed by atoms with E-state index in [2.05, 4.69) is 25.9 Å². The summed E-state index contributed by atoms with van der Waals surface area (Å²) in [7, 11) is 0. The zero-order chi connectivity index (χ0) is 19.2. The minimum Gasteiger partial charge on any atom is -0.328 e. The zero-order valence-corrected chi connectivity index (χ0v) is 15.1. The predicted molar refractivity (Wildman–Crippen MR) is 108 cm³/mol. The molecule has 0 spiro atoms. The Balaban J connectivity index is 1.95. The maximum Gasteiger partial charge on any atom is 0.0992 e. The second-order valence-electron chi connectivity index (χ2n) is 6.22. The fraction of sp³-hybridized carbons (Fsp3) is 0.0435. The van der Waals surface area contributed by atoms with Crippen LogP contribution in [0.25, 0.3) is 0 Å². The molecular weight excluding hydrogens is 346 g/mol. The van der Waals surface area contributed by atoms with Crippen LogP contribution >= 0.6 is 0 Å². The number of anilines is 2. The van der Waals surface area contributed by atoms with Crippen molar-refractivity contribution in [1.82, 2.24) is 15.0 Å². The maximum absolute atomic E-state index is 9.39. The van der Waals surface area contributed by atoms with E-state index in [1.165, 1.54) is 0 Å². The van der Waals surface area contributed by atoms with Crippen LogP contribution in [-0.2, 0) is 0 Å². The van der Waals surface area contributed by atoms with Gasteiger partial charge < -0.3 is 4.90 Å². The summed E-state index contributed by atoms with van der Waals surface area (Å²) in [5.74, 6) is 0. The Morgan fingerprint density at radius 3 is 1.86 bits per heavy atom. The minimum atomic E-state index is -0.180. The molecule has 28 heavy (non-hydrogen) atoms. The first-order chi connectivity index (χ1) is 13.9. The van der Waals surface area contributed by atoms with Crippen molar-refractivity contribution in [2.75, 3.05) is 4.90 Å². The number of rotatable bonds is 5. The third-order valence-corrected chi connectivity index (χ3v) is 4.44. The molecule has 3 aromatic heterocycles. The minimum absolute atomic E-state index is 0.180. The first-order valence-corrected chi connectivity index (χ1v) is 8.86. The van der Waals surface area contributed by atoms with Crippen LogP contribution in [0.5, 0.6) is 0 Å². The van der Waals surface area contributed by atoms with Gasteiger partial charge in [-0.25, -0.2) is 0 Å². The lowest BCUT2D eigenvalue weighted by atomic mass is 9.98. The highest BCUT2D eigenvalue weighted by Gasteiger charge is 2.25. The van der Waals surface area contributed by atoms with Gasteiger partial charge in [0.05, 0.1) is 29.6 Å². The zero-order valence-electron chi connectivity index (χ0n) is 15.1. The number of pyridine rings is 3. The van der Waals surface area contributed by atoms with Gasteiger partial charge in [-0.05, 0) is 53.6 Å². The average molecular weight is 363 g/mol. The van der Waals surface area contributed by atoms with Crippen LogP contribution in [0.4, 0.5) is 11.4 Å². The summed E-state index contributed by atoms with van der Waals surface area (Å²) in [4.78, 5) is 15.1. The Hall–Kier alpha value is -4.04. The summed E-state index contributed by atoms with van der Waals surface area (Å²) >= 11 is 0. The normalized spacial score (nSPS) is 10.4. The van der Waals surface area contributed by atoms with E-state index in [1.54, 1.807) is 24.7 Å². The summed E-state index contributed by atoms with van der Waals surface area (Å²) in [6, 6.07) is 21.5. The summed E-state index contributed by atoms with van der Waals surface area (Å²) in [6.07, 6.45) is 10.8. The summed E-state index contributed by atoms with van der Waals surface area (Å²) < 4.78 is 0. The van der Waals surface area contributed by atoms with E-state index in [9.17, 15) is 5.26 Å². The standard InChI is InChI=1S/C23H17N5/c24-14-18-5-1-8-21(13-18)28(22-9-4-12-27-17-22)23(19-6-2-10-25-15-19)20-7-3-11-26-16-20/h1-13,15-17,23H. The molecule has 0 unspecified atom stereocenters. The quantitative estimate of drug-likeness (QED) is 0.515. The van der Waals surface area contributed by atoms with Crippen LogP contribution in [0.15, 0.2) is 97.8 Å². The molecule has 4 aromatic rings. The van der Waals surface area contributed by atoms with Crippen molar-refractivity contribution in [1.29, 1.82) is 5.26 Å². The van der Waals surface area contributed by atoms with Gasteiger partial charge in [0, 0.05) is 36.7 Å². The number of hydrogen-bond donors (Lipinski definition) is 0. The third kappa shape index (κ3) is 3.57. The Bertz CT molecular complexity index is 1040. The summed E-state index contributed by atoms with van der Waals surface area (Å²) in [5.41, 5.74) is 4.44. The van der Waals surface area contributed by atoms with Crippen molar-refractivity contribution in [3.63, 3.8) is 0 Å². The van der Waals surface area contributed by atoms with Crippen molar-refractivity contribution in [2.24, 2.45) is 0 Å². The van der Waals surface area contributed by atoms with Crippen LogP contribution in [0.2, 0.25) is 0 Å². The molecule has 4 rings (SSSR count). The van der Waals surface area contributed by atoms with Crippen molar-refractivity contribution in [2.45, 2.75) is 6.04 Å². The lowest BCUT2D eigenvalue weighted by Gasteiger charge is -2.34.